The maximum Gasteiger partial charge on any atom is 0.120 e. The molecule has 3 atom stereocenters. The third-order valence-corrected chi connectivity index (χ3v) is 7.04. The molecule has 1 aromatic carbocycles. The van der Waals surface area contributed by atoms with Crippen molar-refractivity contribution in [2.45, 2.75) is 76.8 Å². The van der Waals surface area contributed by atoms with Crippen LogP contribution in [0.3, 0.4) is 0 Å². The van der Waals surface area contributed by atoms with E-state index in [1.54, 1.807) is 0 Å². The van der Waals surface area contributed by atoms with Gasteiger partial charge in [-0.25, -0.2) is 0 Å². The van der Waals surface area contributed by atoms with E-state index in [2.05, 4.69) is 18.7 Å². The van der Waals surface area contributed by atoms with E-state index in [1.165, 1.54) is 57.9 Å². The van der Waals surface area contributed by atoms with Crippen LogP contribution in [0, 0.1) is 5.92 Å². The molecule has 2 unspecified atom stereocenters. The predicted molar refractivity (Wildman–Crippen MR) is 107 cm³/mol. The molecule has 25 heavy (non-hydrogen) atoms. The Morgan fingerprint density at radius 3 is 2.68 bits per heavy atom. The number of fused-ring (bicyclic) bond motifs is 2. The summed E-state index contributed by atoms with van der Waals surface area (Å²) in [6, 6.07) is 6.39. The normalized spacial score (nSPS) is 29.1. The Morgan fingerprint density at radius 1 is 1.12 bits per heavy atom. The van der Waals surface area contributed by atoms with Crippen molar-refractivity contribution in [1.82, 2.24) is 4.90 Å². The van der Waals surface area contributed by atoms with E-state index < -0.39 is 0 Å². The quantitative estimate of drug-likeness (QED) is 0.502. The molecule has 0 N–H and O–H groups in total. The van der Waals surface area contributed by atoms with Gasteiger partial charge in [0.2, 0.25) is 0 Å². The van der Waals surface area contributed by atoms with Crippen molar-refractivity contribution in [1.29, 1.82) is 0 Å². The summed E-state index contributed by atoms with van der Waals surface area (Å²) in [5.41, 5.74) is 0.352. The first-order valence-corrected chi connectivity index (χ1v) is 10.7. The fraction of sp³-hybridized carbons (Fsp3) is 0.714. The molecule has 2 bridgehead atoms. The summed E-state index contributed by atoms with van der Waals surface area (Å²) in [6.07, 6.45) is 10.5. The van der Waals surface area contributed by atoms with Crippen LogP contribution in [0.5, 0.6) is 5.75 Å². The summed E-state index contributed by atoms with van der Waals surface area (Å²) in [5.74, 6) is 1.45. The Hall–Kier alpha value is -0.440. The van der Waals surface area contributed by atoms with Crippen LogP contribution in [-0.2, 0) is 0 Å². The van der Waals surface area contributed by atoms with E-state index in [-0.39, 0.29) is 0 Å². The highest BCUT2D eigenvalue weighted by Crippen LogP contribution is 2.50. The second-order valence-electron chi connectivity index (χ2n) is 7.75. The summed E-state index contributed by atoms with van der Waals surface area (Å²) < 4.78 is 6.19. The zero-order chi connectivity index (χ0) is 17.9. The number of hydrogen-bond donors (Lipinski definition) is 0. The lowest BCUT2D eigenvalue weighted by atomic mass is 9.74. The van der Waals surface area contributed by atoms with Crippen molar-refractivity contribution in [3.8, 4) is 5.75 Å². The molecule has 0 spiro atoms. The maximum absolute atomic E-state index is 6.19. The van der Waals surface area contributed by atoms with Crippen LogP contribution in [0.25, 0.3) is 0 Å². The molecule has 140 valence electrons. The third kappa shape index (κ3) is 3.96. The topological polar surface area (TPSA) is 12.5 Å². The lowest BCUT2D eigenvalue weighted by Gasteiger charge is -2.50. The van der Waals surface area contributed by atoms with E-state index >= 15 is 0 Å². The van der Waals surface area contributed by atoms with Crippen LogP contribution in [0.15, 0.2) is 18.2 Å². The molecular weight excluding hydrogens is 353 g/mol. The summed E-state index contributed by atoms with van der Waals surface area (Å²) in [5, 5.41) is 1.15. The smallest absolute Gasteiger partial charge is 0.120 e. The fourth-order valence-electron chi connectivity index (χ4n) is 5.08. The largest absolute Gasteiger partial charge is 0.493 e. The molecule has 3 rings (SSSR count). The number of ether oxygens (including phenoxy) is 1. The monoisotopic (exact) mass is 383 g/mol. The Bertz CT molecular complexity index is 579. The van der Waals surface area contributed by atoms with Gasteiger partial charge in [0.05, 0.1) is 16.7 Å². The van der Waals surface area contributed by atoms with E-state index in [4.69, 9.17) is 27.9 Å². The molecule has 0 aromatic heterocycles. The molecule has 2 aliphatic heterocycles. The molecule has 0 radical (unpaired) electrons. The predicted octanol–water partition coefficient (Wildman–Crippen LogP) is 6.59. The second kappa shape index (κ2) is 8.50. The molecule has 2 fully saturated rings. The van der Waals surface area contributed by atoms with E-state index in [0.29, 0.717) is 21.5 Å². The molecule has 2 aliphatic rings. The van der Waals surface area contributed by atoms with Gasteiger partial charge >= 0.3 is 0 Å². The molecule has 4 heteroatoms. The first kappa shape index (κ1) is 19.3. The van der Waals surface area contributed by atoms with E-state index in [9.17, 15) is 0 Å². The van der Waals surface area contributed by atoms with Crippen molar-refractivity contribution in [2.24, 2.45) is 5.92 Å². The van der Waals surface area contributed by atoms with Crippen LogP contribution in [0.4, 0.5) is 0 Å². The number of hydrogen-bond acceptors (Lipinski definition) is 2. The minimum Gasteiger partial charge on any atom is -0.493 e. The molecule has 0 amide bonds. The SMILES string of the molecule is CCCCC12CCC(CC[C@H]1COc1ccc(Cl)c(Cl)c1)N2CCC. The Labute approximate surface area is 162 Å². The Balaban J connectivity index is 1.74. The average Bonchev–Trinajstić information content (AvgIpc) is 2.84. The lowest BCUT2D eigenvalue weighted by molar-refractivity contribution is -0.0233. The van der Waals surface area contributed by atoms with E-state index in [1.807, 2.05) is 18.2 Å². The van der Waals surface area contributed by atoms with E-state index in [0.717, 1.165) is 18.4 Å². The highest BCUT2D eigenvalue weighted by Gasteiger charge is 2.53. The number of nitrogens with zero attached hydrogens (tertiary/aromatic N) is 1. The van der Waals surface area contributed by atoms with Gasteiger partial charge in [-0.1, -0.05) is 49.9 Å². The molecule has 0 saturated carbocycles. The molecule has 2 nitrogen and oxygen atoms in total. The Kier molecular flexibility index (Phi) is 6.57. The molecule has 1 aromatic rings. The van der Waals surface area contributed by atoms with Crippen molar-refractivity contribution in [3.05, 3.63) is 28.2 Å². The van der Waals surface area contributed by atoms with Crippen molar-refractivity contribution < 1.29 is 4.74 Å². The standard InChI is InChI=1S/C21H31Cl2NO/c1-3-5-11-21-12-10-17(24(21)13-4-2)7-6-16(21)15-25-18-8-9-19(22)20(23)14-18/h8-9,14,16-17H,3-7,10-13,15H2,1-2H3/t16-,17?,21?/m0/s1. The van der Waals surface area contributed by atoms with Crippen molar-refractivity contribution >= 4 is 23.2 Å². The van der Waals surface area contributed by atoms with Crippen LogP contribution >= 0.6 is 23.2 Å². The van der Waals surface area contributed by atoms with Gasteiger partial charge in [-0.05, 0) is 57.2 Å². The zero-order valence-electron chi connectivity index (χ0n) is 15.6. The van der Waals surface area contributed by atoms with Gasteiger partial charge in [0.15, 0.2) is 0 Å². The Morgan fingerprint density at radius 2 is 1.96 bits per heavy atom. The number of piperidine rings is 1. The van der Waals surface area contributed by atoms with Gasteiger partial charge in [-0.3, -0.25) is 4.90 Å². The summed E-state index contributed by atoms with van der Waals surface area (Å²) in [4.78, 5) is 2.86. The fourth-order valence-corrected chi connectivity index (χ4v) is 5.37. The molecule has 0 aliphatic carbocycles. The van der Waals surface area contributed by atoms with Gasteiger partial charge in [0.25, 0.3) is 0 Å². The van der Waals surface area contributed by atoms with Gasteiger partial charge in [-0.15, -0.1) is 0 Å². The summed E-state index contributed by atoms with van der Waals surface area (Å²) >= 11 is 12.2. The van der Waals surface area contributed by atoms with Crippen LogP contribution < -0.4 is 4.74 Å². The van der Waals surface area contributed by atoms with Gasteiger partial charge < -0.3 is 4.74 Å². The lowest BCUT2D eigenvalue weighted by Crippen LogP contribution is -2.57. The van der Waals surface area contributed by atoms with Crippen LogP contribution in [-0.4, -0.2) is 29.6 Å². The van der Waals surface area contributed by atoms with Crippen LogP contribution in [0.2, 0.25) is 10.0 Å². The maximum atomic E-state index is 6.19. The minimum absolute atomic E-state index is 0.352. The van der Waals surface area contributed by atoms with Crippen molar-refractivity contribution in [3.63, 3.8) is 0 Å². The summed E-state index contributed by atoms with van der Waals surface area (Å²) in [7, 11) is 0. The molecule has 2 heterocycles. The highest BCUT2D eigenvalue weighted by atomic mass is 35.5. The number of unbranched alkanes of at least 4 members (excludes halogenated alkanes) is 1. The average molecular weight is 384 g/mol. The molecular formula is C21H31Cl2NO. The number of halogens is 2. The summed E-state index contributed by atoms with van der Waals surface area (Å²) in [6.45, 7) is 6.63. The first-order chi connectivity index (χ1) is 12.1. The minimum atomic E-state index is 0.352. The van der Waals surface area contributed by atoms with Crippen LogP contribution in [0.1, 0.15) is 65.2 Å². The third-order valence-electron chi connectivity index (χ3n) is 6.30. The van der Waals surface area contributed by atoms with Gasteiger partial charge in [0, 0.05) is 23.6 Å². The first-order valence-electron chi connectivity index (χ1n) is 9.95. The van der Waals surface area contributed by atoms with Gasteiger partial charge in [0.1, 0.15) is 5.75 Å². The number of rotatable bonds is 8. The zero-order valence-corrected chi connectivity index (χ0v) is 17.1. The van der Waals surface area contributed by atoms with Gasteiger partial charge in [-0.2, -0.15) is 0 Å². The molecule has 2 saturated heterocycles. The van der Waals surface area contributed by atoms with Crippen molar-refractivity contribution in [2.75, 3.05) is 13.2 Å². The highest BCUT2D eigenvalue weighted by molar-refractivity contribution is 6.42. The number of benzene rings is 1. The second-order valence-corrected chi connectivity index (χ2v) is 8.57.